The lowest BCUT2D eigenvalue weighted by Crippen LogP contribution is -2.04. The third-order valence-corrected chi connectivity index (χ3v) is 2.52. The van der Waals surface area contributed by atoms with Gasteiger partial charge in [-0.1, -0.05) is 24.3 Å². The van der Waals surface area contributed by atoms with Crippen LogP contribution < -0.4 is 10.5 Å². The highest BCUT2D eigenvalue weighted by Crippen LogP contribution is 2.23. The molecule has 0 aliphatic rings. The summed E-state index contributed by atoms with van der Waals surface area (Å²) in [6.07, 6.45) is 6.60. The molecule has 0 aliphatic carbocycles. The highest BCUT2D eigenvalue weighted by molar-refractivity contribution is 5.86. The van der Waals surface area contributed by atoms with Gasteiger partial charge in [-0.2, -0.15) is 0 Å². The van der Waals surface area contributed by atoms with Gasteiger partial charge < -0.3 is 10.5 Å². The van der Waals surface area contributed by atoms with Crippen LogP contribution in [0.25, 0.3) is 6.08 Å². The van der Waals surface area contributed by atoms with Crippen LogP contribution in [0.1, 0.15) is 16.7 Å². The van der Waals surface area contributed by atoms with Gasteiger partial charge in [-0.25, -0.2) is 0 Å². The maximum absolute atomic E-state index is 10.5. The van der Waals surface area contributed by atoms with Gasteiger partial charge in [0.15, 0.2) is 0 Å². The molecule has 1 aromatic rings. The Morgan fingerprint density at radius 3 is 2.59 bits per heavy atom. The van der Waals surface area contributed by atoms with E-state index in [9.17, 15) is 4.79 Å². The Labute approximate surface area is 102 Å². The minimum Gasteiger partial charge on any atom is -0.496 e. The minimum absolute atomic E-state index is 0.452. The first-order valence-electron chi connectivity index (χ1n) is 5.34. The highest BCUT2D eigenvalue weighted by atomic mass is 16.5. The monoisotopic (exact) mass is 231 g/mol. The molecule has 0 atom stereocenters. The average Bonchev–Trinajstić information content (AvgIpc) is 2.28. The number of nitrogens with two attached hydrogens (primary N) is 1. The van der Waals surface area contributed by atoms with E-state index in [2.05, 4.69) is 6.07 Å². The molecule has 0 saturated heterocycles. The van der Waals surface area contributed by atoms with E-state index in [1.165, 1.54) is 11.6 Å². The van der Waals surface area contributed by atoms with Crippen molar-refractivity contribution in [3.63, 3.8) is 0 Å². The first-order chi connectivity index (χ1) is 8.04. The van der Waals surface area contributed by atoms with Gasteiger partial charge in [-0.15, -0.1) is 0 Å². The molecule has 2 N–H and O–H groups in total. The number of ether oxygens (including phenoxy) is 1. The number of carbonyl (C=O) groups excluding carboxylic acids is 1. The molecule has 0 aliphatic heterocycles. The van der Waals surface area contributed by atoms with Crippen molar-refractivity contribution in [1.82, 2.24) is 0 Å². The number of carbonyl (C=O) groups is 1. The number of allylic oxidation sites excluding steroid dienone is 2. The Morgan fingerprint density at radius 2 is 2.00 bits per heavy atom. The third kappa shape index (κ3) is 3.79. The molecular formula is C14H17NO2. The first-order valence-corrected chi connectivity index (χ1v) is 5.34. The predicted molar refractivity (Wildman–Crippen MR) is 69.8 cm³/mol. The SMILES string of the molecule is COc1cc(/C=C/C=C/C(N)=O)cc(C)c1C. The first kappa shape index (κ1) is 13.0. The second kappa shape index (κ2) is 5.89. The van der Waals surface area contributed by atoms with E-state index >= 15 is 0 Å². The van der Waals surface area contributed by atoms with Gasteiger partial charge >= 0.3 is 0 Å². The van der Waals surface area contributed by atoms with E-state index in [4.69, 9.17) is 10.5 Å². The molecule has 1 aromatic carbocycles. The summed E-state index contributed by atoms with van der Waals surface area (Å²) in [6, 6.07) is 4.02. The maximum atomic E-state index is 10.5. The average molecular weight is 231 g/mol. The summed E-state index contributed by atoms with van der Waals surface area (Å²) < 4.78 is 5.28. The Hall–Kier alpha value is -2.03. The third-order valence-electron chi connectivity index (χ3n) is 2.52. The van der Waals surface area contributed by atoms with Crippen LogP contribution in [0.5, 0.6) is 5.75 Å². The molecule has 17 heavy (non-hydrogen) atoms. The van der Waals surface area contributed by atoms with Crippen molar-refractivity contribution in [3.8, 4) is 5.75 Å². The van der Waals surface area contributed by atoms with Crippen LogP contribution in [-0.4, -0.2) is 13.0 Å². The summed E-state index contributed by atoms with van der Waals surface area (Å²) >= 11 is 0. The summed E-state index contributed by atoms with van der Waals surface area (Å²) in [7, 11) is 1.66. The summed E-state index contributed by atoms with van der Waals surface area (Å²) in [5.74, 6) is 0.413. The number of aryl methyl sites for hydroxylation is 1. The molecule has 0 unspecified atom stereocenters. The van der Waals surface area contributed by atoms with Crippen molar-refractivity contribution < 1.29 is 9.53 Å². The largest absolute Gasteiger partial charge is 0.496 e. The van der Waals surface area contributed by atoms with E-state index in [0.29, 0.717) is 0 Å². The molecule has 1 rings (SSSR count). The summed E-state index contributed by atoms with van der Waals surface area (Å²) in [5.41, 5.74) is 8.31. The molecule has 0 radical (unpaired) electrons. The lowest BCUT2D eigenvalue weighted by atomic mass is 10.0. The smallest absolute Gasteiger partial charge is 0.241 e. The van der Waals surface area contributed by atoms with E-state index in [-0.39, 0.29) is 0 Å². The van der Waals surface area contributed by atoms with Crippen molar-refractivity contribution in [2.75, 3.05) is 7.11 Å². The van der Waals surface area contributed by atoms with Crippen LogP contribution in [0.3, 0.4) is 0 Å². The Kier molecular flexibility index (Phi) is 4.52. The van der Waals surface area contributed by atoms with E-state index in [1.807, 2.05) is 26.0 Å². The zero-order valence-corrected chi connectivity index (χ0v) is 10.4. The van der Waals surface area contributed by atoms with E-state index in [1.54, 1.807) is 19.3 Å². The fourth-order valence-corrected chi connectivity index (χ4v) is 1.48. The predicted octanol–water partition coefficient (Wildman–Crippen LogP) is 2.37. The molecule has 1 amide bonds. The number of amides is 1. The van der Waals surface area contributed by atoms with Gasteiger partial charge in [0.25, 0.3) is 0 Å². The van der Waals surface area contributed by atoms with Gasteiger partial charge in [0.05, 0.1) is 7.11 Å². The summed E-state index contributed by atoms with van der Waals surface area (Å²) in [4.78, 5) is 10.5. The van der Waals surface area contributed by atoms with Gasteiger partial charge in [0.2, 0.25) is 5.91 Å². The Bertz CT molecular complexity index is 473. The number of rotatable bonds is 4. The Morgan fingerprint density at radius 1 is 1.29 bits per heavy atom. The molecule has 0 aromatic heterocycles. The van der Waals surface area contributed by atoms with Gasteiger partial charge in [0, 0.05) is 6.08 Å². The topological polar surface area (TPSA) is 52.3 Å². The molecule has 3 heteroatoms. The minimum atomic E-state index is -0.452. The molecule has 0 spiro atoms. The van der Waals surface area contributed by atoms with Gasteiger partial charge in [-0.3, -0.25) is 4.79 Å². The van der Waals surface area contributed by atoms with Crippen LogP contribution in [-0.2, 0) is 4.79 Å². The molecule has 0 fully saturated rings. The van der Waals surface area contributed by atoms with Gasteiger partial charge in [-0.05, 0) is 36.6 Å². The molecule has 0 bridgehead atoms. The quantitative estimate of drug-likeness (QED) is 0.639. The molecule has 3 nitrogen and oxygen atoms in total. The fourth-order valence-electron chi connectivity index (χ4n) is 1.48. The summed E-state index contributed by atoms with van der Waals surface area (Å²) in [6.45, 7) is 4.06. The number of hydrogen-bond donors (Lipinski definition) is 1. The number of methoxy groups -OCH3 is 1. The lowest BCUT2D eigenvalue weighted by molar-refractivity contribution is -0.113. The van der Waals surface area contributed by atoms with E-state index < -0.39 is 5.91 Å². The second-order valence-electron chi connectivity index (χ2n) is 3.79. The van der Waals surface area contributed by atoms with Crippen LogP contribution >= 0.6 is 0 Å². The van der Waals surface area contributed by atoms with Crippen LogP contribution in [0.15, 0.2) is 30.4 Å². The second-order valence-corrected chi connectivity index (χ2v) is 3.79. The number of primary amides is 1. The summed E-state index contributed by atoms with van der Waals surface area (Å²) in [5, 5.41) is 0. The number of hydrogen-bond acceptors (Lipinski definition) is 2. The van der Waals surface area contributed by atoms with Crippen molar-refractivity contribution in [2.24, 2.45) is 5.73 Å². The van der Waals surface area contributed by atoms with E-state index in [0.717, 1.165) is 16.9 Å². The van der Waals surface area contributed by atoms with Crippen molar-refractivity contribution in [3.05, 3.63) is 47.1 Å². The highest BCUT2D eigenvalue weighted by Gasteiger charge is 2.02. The molecule has 90 valence electrons. The molecular weight excluding hydrogens is 214 g/mol. The number of benzene rings is 1. The molecule has 0 heterocycles. The zero-order chi connectivity index (χ0) is 12.8. The van der Waals surface area contributed by atoms with Crippen LogP contribution in [0, 0.1) is 13.8 Å². The van der Waals surface area contributed by atoms with Crippen LogP contribution in [0.2, 0.25) is 0 Å². The lowest BCUT2D eigenvalue weighted by Gasteiger charge is -2.08. The fraction of sp³-hybridized carbons (Fsp3) is 0.214. The Balaban J connectivity index is 2.92. The van der Waals surface area contributed by atoms with Crippen molar-refractivity contribution >= 4 is 12.0 Å². The van der Waals surface area contributed by atoms with Crippen LogP contribution in [0.4, 0.5) is 0 Å². The van der Waals surface area contributed by atoms with Crippen molar-refractivity contribution in [1.29, 1.82) is 0 Å². The normalized spacial score (nSPS) is 11.2. The van der Waals surface area contributed by atoms with Crippen molar-refractivity contribution in [2.45, 2.75) is 13.8 Å². The maximum Gasteiger partial charge on any atom is 0.241 e. The molecule has 0 saturated carbocycles. The standard InChI is InChI=1S/C14H17NO2/c1-10-8-12(6-4-5-7-14(15)16)9-13(17-3)11(10)2/h4-9H,1-3H3,(H2,15,16)/b6-4+,7-5+. The zero-order valence-electron chi connectivity index (χ0n) is 10.4. The van der Waals surface area contributed by atoms with Gasteiger partial charge in [0.1, 0.15) is 5.75 Å².